The Balaban J connectivity index is 2.62. The lowest BCUT2D eigenvalue weighted by Gasteiger charge is -2.17. The molecule has 4 heteroatoms. The van der Waals surface area contributed by atoms with Gasteiger partial charge in [0, 0.05) is 19.9 Å². The Bertz CT molecular complexity index is 260. The highest BCUT2D eigenvalue weighted by Gasteiger charge is 2.13. The Morgan fingerprint density at radius 1 is 1.57 bits per heavy atom. The third-order valence-electron chi connectivity index (χ3n) is 2.15. The van der Waals surface area contributed by atoms with E-state index < -0.39 is 0 Å². The van der Waals surface area contributed by atoms with Gasteiger partial charge in [0.25, 0.3) is 0 Å². The summed E-state index contributed by atoms with van der Waals surface area (Å²) in [6.45, 7) is 6.48. The maximum absolute atomic E-state index is 5.42. The molecule has 0 spiro atoms. The van der Waals surface area contributed by atoms with E-state index in [-0.39, 0.29) is 6.04 Å². The summed E-state index contributed by atoms with van der Waals surface area (Å²) in [5.41, 5.74) is 1.17. The maximum Gasteiger partial charge on any atom is 0.0946 e. The van der Waals surface area contributed by atoms with Crippen LogP contribution in [-0.2, 0) is 11.8 Å². The first-order valence-electron chi connectivity index (χ1n) is 5.06. The number of rotatable bonds is 6. The molecular formula is C10H19N3O. The van der Waals surface area contributed by atoms with Gasteiger partial charge in [0.2, 0.25) is 0 Å². The minimum absolute atomic E-state index is 0.243. The number of ether oxygens (including phenoxy) is 1. The van der Waals surface area contributed by atoms with Crippen molar-refractivity contribution in [1.82, 2.24) is 14.9 Å². The maximum atomic E-state index is 5.42. The van der Waals surface area contributed by atoms with Crippen molar-refractivity contribution in [1.29, 1.82) is 0 Å². The molecule has 1 aromatic rings. The molecule has 1 unspecified atom stereocenters. The van der Waals surface area contributed by atoms with Gasteiger partial charge in [0.15, 0.2) is 0 Å². The average Bonchev–Trinajstić information content (AvgIpc) is 2.59. The third kappa shape index (κ3) is 2.82. The molecule has 0 aliphatic rings. The summed E-state index contributed by atoms with van der Waals surface area (Å²) >= 11 is 0. The van der Waals surface area contributed by atoms with Gasteiger partial charge >= 0.3 is 0 Å². The monoisotopic (exact) mass is 197 g/mol. The lowest BCUT2D eigenvalue weighted by molar-refractivity contribution is 0.121. The Hall–Kier alpha value is -0.870. The summed E-state index contributed by atoms with van der Waals surface area (Å²) in [5, 5.41) is 3.37. The van der Waals surface area contributed by atoms with Crippen LogP contribution in [0.2, 0.25) is 0 Å². The van der Waals surface area contributed by atoms with Crippen molar-refractivity contribution in [2.45, 2.75) is 19.9 Å². The summed E-state index contributed by atoms with van der Waals surface area (Å²) in [5.74, 6) is 0. The topological polar surface area (TPSA) is 39.1 Å². The van der Waals surface area contributed by atoms with Crippen LogP contribution < -0.4 is 5.32 Å². The van der Waals surface area contributed by atoms with E-state index in [1.54, 1.807) is 0 Å². The smallest absolute Gasteiger partial charge is 0.0946 e. The first-order valence-corrected chi connectivity index (χ1v) is 5.06. The number of aromatic nitrogens is 2. The molecule has 14 heavy (non-hydrogen) atoms. The van der Waals surface area contributed by atoms with Crippen LogP contribution in [0.1, 0.15) is 25.6 Å². The number of nitrogens with zero attached hydrogens (tertiary/aromatic N) is 2. The summed E-state index contributed by atoms with van der Waals surface area (Å²) in [6, 6.07) is 0.243. The van der Waals surface area contributed by atoms with Crippen LogP contribution in [0.5, 0.6) is 0 Å². The van der Waals surface area contributed by atoms with Crippen LogP contribution in [0.15, 0.2) is 12.5 Å². The molecule has 0 saturated heterocycles. The van der Waals surface area contributed by atoms with Crippen molar-refractivity contribution in [3.8, 4) is 0 Å². The van der Waals surface area contributed by atoms with E-state index in [1.165, 1.54) is 5.69 Å². The molecule has 1 N–H and O–H groups in total. The first-order chi connectivity index (χ1) is 6.79. The second-order valence-electron chi connectivity index (χ2n) is 3.20. The Morgan fingerprint density at radius 2 is 2.36 bits per heavy atom. The van der Waals surface area contributed by atoms with Crippen molar-refractivity contribution < 1.29 is 4.74 Å². The molecule has 4 nitrogen and oxygen atoms in total. The fourth-order valence-electron chi connectivity index (χ4n) is 1.43. The SMILES string of the molecule is CCNC(COCC)c1cncn1C. The van der Waals surface area contributed by atoms with Crippen LogP contribution in [0.25, 0.3) is 0 Å². The molecule has 0 aliphatic carbocycles. The molecule has 0 fully saturated rings. The second kappa shape index (κ2) is 5.78. The molecular weight excluding hydrogens is 178 g/mol. The fraction of sp³-hybridized carbons (Fsp3) is 0.700. The number of imidazole rings is 1. The second-order valence-corrected chi connectivity index (χ2v) is 3.20. The van der Waals surface area contributed by atoms with E-state index >= 15 is 0 Å². The lowest BCUT2D eigenvalue weighted by Crippen LogP contribution is -2.27. The fourth-order valence-corrected chi connectivity index (χ4v) is 1.43. The normalized spacial score (nSPS) is 13.1. The largest absolute Gasteiger partial charge is 0.380 e. The van der Waals surface area contributed by atoms with Crippen LogP contribution in [0.3, 0.4) is 0 Å². The highest BCUT2D eigenvalue weighted by molar-refractivity contribution is 5.04. The molecule has 0 saturated carbocycles. The summed E-state index contributed by atoms with van der Waals surface area (Å²) in [7, 11) is 2.00. The molecule has 80 valence electrons. The summed E-state index contributed by atoms with van der Waals surface area (Å²) < 4.78 is 7.44. The van der Waals surface area contributed by atoms with Gasteiger partial charge in [-0.05, 0) is 13.5 Å². The predicted molar refractivity (Wildman–Crippen MR) is 56.1 cm³/mol. The average molecular weight is 197 g/mol. The Labute approximate surface area is 85.3 Å². The number of nitrogens with one attached hydrogen (secondary N) is 1. The predicted octanol–water partition coefficient (Wildman–Crippen LogP) is 1.11. The van der Waals surface area contributed by atoms with E-state index in [2.05, 4.69) is 17.2 Å². The van der Waals surface area contributed by atoms with Gasteiger partial charge in [-0.15, -0.1) is 0 Å². The molecule has 1 atom stereocenters. The molecule has 1 heterocycles. The van der Waals surface area contributed by atoms with Gasteiger partial charge in [-0.25, -0.2) is 4.98 Å². The van der Waals surface area contributed by atoms with Crippen LogP contribution >= 0.6 is 0 Å². The highest BCUT2D eigenvalue weighted by Crippen LogP contribution is 2.11. The zero-order chi connectivity index (χ0) is 10.4. The van der Waals surface area contributed by atoms with Crippen molar-refractivity contribution in [2.75, 3.05) is 19.8 Å². The van der Waals surface area contributed by atoms with Gasteiger partial charge in [-0.3, -0.25) is 0 Å². The number of likely N-dealkylation sites (N-methyl/N-ethyl adjacent to an activating group) is 1. The number of hydrogen-bond acceptors (Lipinski definition) is 3. The molecule has 0 amide bonds. The number of hydrogen-bond donors (Lipinski definition) is 1. The van der Waals surface area contributed by atoms with Crippen LogP contribution in [0, 0.1) is 0 Å². The van der Waals surface area contributed by atoms with E-state index in [0.29, 0.717) is 6.61 Å². The van der Waals surface area contributed by atoms with Crippen LogP contribution in [-0.4, -0.2) is 29.3 Å². The minimum atomic E-state index is 0.243. The van der Waals surface area contributed by atoms with Gasteiger partial charge in [-0.2, -0.15) is 0 Å². The Kier molecular flexibility index (Phi) is 4.62. The van der Waals surface area contributed by atoms with E-state index in [1.807, 2.05) is 31.1 Å². The number of aryl methyl sites for hydroxylation is 1. The zero-order valence-corrected chi connectivity index (χ0v) is 9.16. The highest BCUT2D eigenvalue weighted by atomic mass is 16.5. The summed E-state index contributed by atoms with van der Waals surface area (Å²) in [4.78, 5) is 4.10. The lowest BCUT2D eigenvalue weighted by atomic mass is 10.2. The minimum Gasteiger partial charge on any atom is -0.380 e. The van der Waals surface area contributed by atoms with Gasteiger partial charge in [0.1, 0.15) is 0 Å². The molecule has 0 aromatic carbocycles. The molecule has 0 radical (unpaired) electrons. The van der Waals surface area contributed by atoms with E-state index in [9.17, 15) is 0 Å². The standard InChI is InChI=1S/C10H19N3O/c1-4-12-9(7-14-5-2)10-6-11-8-13(10)3/h6,8-9,12H,4-5,7H2,1-3H3. The quantitative estimate of drug-likeness (QED) is 0.742. The molecule has 1 aromatic heterocycles. The van der Waals surface area contributed by atoms with E-state index in [4.69, 9.17) is 4.74 Å². The first kappa shape index (κ1) is 11.2. The zero-order valence-electron chi connectivity index (χ0n) is 9.16. The van der Waals surface area contributed by atoms with Gasteiger partial charge < -0.3 is 14.6 Å². The third-order valence-corrected chi connectivity index (χ3v) is 2.15. The van der Waals surface area contributed by atoms with Gasteiger partial charge in [0.05, 0.1) is 24.7 Å². The Morgan fingerprint density at radius 3 is 2.86 bits per heavy atom. The van der Waals surface area contributed by atoms with Crippen LogP contribution in [0.4, 0.5) is 0 Å². The van der Waals surface area contributed by atoms with Crippen molar-refractivity contribution in [2.24, 2.45) is 7.05 Å². The van der Waals surface area contributed by atoms with Gasteiger partial charge in [-0.1, -0.05) is 6.92 Å². The van der Waals surface area contributed by atoms with Crippen molar-refractivity contribution >= 4 is 0 Å². The molecule has 1 rings (SSSR count). The molecule has 0 bridgehead atoms. The molecule has 0 aliphatic heterocycles. The van der Waals surface area contributed by atoms with Crippen molar-refractivity contribution in [3.05, 3.63) is 18.2 Å². The van der Waals surface area contributed by atoms with Crippen molar-refractivity contribution in [3.63, 3.8) is 0 Å². The van der Waals surface area contributed by atoms with E-state index in [0.717, 1.165) is 13.2 Å². The summed E-state index contributed by atoms with van der Waals surface area (Å²) in [6.07, 6.45) is 3.69.